The number of fused-ring (bicyclic) bond motifs is 1. The summed E-state index contributed by atoms with van der Waals surface area (Å²) in [7, 11) is 0. The number of Topliss-reactive ketones (excluding diaryl/α,β-unsaturated/α-hetero) is 1. The third-order valence-electron chi connectivity index (χ3n) is 4.18. The summed E-state index contributed by atoms with van der Waals surface area (Å²) in [6.07, 6.45) is 0. The Hall–Kier alpha value is -2.93. The lowest BCUT2D eigenvalue weighted by molar-refractivity contribution is -0.121. The third-order valence-corrected chi connectivity index (χ3v) is 5.07. The lowest BCUT2D eigenvalue weighted by atomic mass is 10.1. The van der Waals surface area contributed by atoms with Crippen LogP contribution in [0.5, 0.6) is 0 Å². The molecule has 1 aromatic heterocycles. The van der Waals surface area contributed by atoms with Gasteiger partial charge >= 0.3 is 0 Å². The molecule has 2 amide bonds. The van der Waals surface area contributed by atoms with E-state index in [1.54, 1.807) is 25.1 Å². The van der Waals surface area contributed by atoms with Crippen LogP contribution in [0.3, 0.4) is 0 Å². The number of benzene rings is 2. The smallest absolute Gasteiger partial charge is 0.292 e. The standard InChI is InChI=1S/C20H18BrN3O3/c1-11-9-13(7-8-15(11)21)24-17(25)10-22-20(27)19(26)18-12(2)23-16-6-4-3-5-14(16)18/h3-9,23H,10H2,1-2H3,(H,22,27)(H,24,25). The fourth-order valence-corrected chi connectivity index (χ4v) is 3.10. The van der Waals surface area contributed by atoms with Crippen LogP contribution in [0.25, 0.3) is 10.9 Å². The Morgan fingerprint density at radius 3 is 2.56 bits per heavy atom. The molecule has 0 aliphatic heterocycles. The molecule has 0 radical (unpaired) electrons. The Labute approximate surface area is 164 Å². The number of para-hydroxylation sites is 1. The average molecular weight is 428 g/mol. The molecule has 1 heterocycles. The van der Waals surface area contributed by atoms with E-state index in [0.717, 1.165) is 15.6 Å². The van der Waals surface area contributed by atoms with Crippen molar-refractivity contribution < 1.29 is 14.4 Å². The number of rotatable bonds is 5. The van der Waals surface area contributed by atoms with Gasteiger partial charge in [-0.25, -0.2) is 0 Å². The van der Waals surface area contributed by atoms with E-state index in [2.05, 4.69) is 31.5 Å². The molecule has 0 saturated carbocycles. The van der Waals surface area contributed by atoms with Crippen LogP contribution in [-0.2, 0) is 9.59 Å². The molecule has 0 atom stereocenters. The quantitative estimate of drug-likeness (QED) is 0.429. The van der Waals surface area contributed by atoms with Crippen LogP contribution in [0, 0.1) is 13.8 Å². The fourth-order valence-electron chi connectivity index (χ4n) is 2.85. The maximum Gasteiger partial charge on any atom is 0.292 e. The van der Waals surface area contributed by atoms with E-state index >= 15 is 0 Å². The first-order valence-electron chi connectivity index (χ1n) is 8.32. The Morgan fingerprint density at radius 1 is 1.07 bits per heavy atom. The van der Waals surface area contributed by atoms with Crippen LogP contribution < -0.4 is 10.6 Å². The molecule has 0 aliphatic carbocycles. The summed E-state index contributed by atoms with van der Waals surface area (Å²) in [5.74, 6) is -1.89. The summed E-state index contributed by atoms with van der Waals surface area (Å²) in [5, 5.41) is 5.76. The van der Waals surface area contributed by atoms with Gasteiger partial charge in [-0.1, -0.05) is 34.1 Å². The zero-order valence-corrected chi connectivity index (χ0v) is 16.4. The summed E-state index contributed by atoms with van der Waals surface area (Å²) in [4.78, 5) is 39.9. The van der Waals surface area contributed by atoms with Crippen LogP contribution in [0.4, 0.5) is 5.69 Å². The molecule has 138 valence electrons. The first-order chi connectivity index (χ1) is 12.9. The predicted molar refractivity (Wildman–Crippen MR) is 108 cm³/mol. The Balaban J connectivity index is 1.64. The van der Waals surface area contributed by atoms with Gasteiger partial charge in [0, 0.05) is 26.8 Å². The Bertz CT molecular complexity index is 1060. The van der Waals surface area contributed by atoms with Gasteiger partial charge in [0.15, 0.2) is 0 Å². The van der Waals surface area contributed by atoms with Gasteiger partial charge in [-0.05, 0) is 43.7 Å². The van der Waals surface area contributed by atoms with Gasteiger partial charge < -0.3 is 15.6 Å². The molecule has 0 aliphatic rings. The van der Waals surface area contributed by atoms with E-state index in [9.17, 15) is 14.4 Å². The molecule has 0 saturated heterocycles. The van der Waals surface area contributed by atoms with Crippen molar-refractivity contribution in [2.75, 3.05) is 11.9 Å². The van der Waals surface area contributed by atoms with Crippen LogP contribution in [0.1, 0.15) is 21.6 Å². The fraction of sp³-hybridized carbons (Fsp3) is 0.150. The van der Waals surface area contributed by atoms with E-state index in [1.165, 1.54) is 0 Å². The molecule has 3 aromatic rings. The van der Waals surface area contributed by atoms with Gasteiger partial charge in [0.2, 0.25) is 5.91 Å². The van der Waals surface area contributed by atoms with Crippen molar-refractivity contribution in [2.45, 2.75) is 13.8 Å². The van der Waals surface area contributed by atoms with Crippen molar-refractivity contribution >= 4 is 50.1 Å². The second-order valence-corrected chi connectivity index (χ2v) is 7.05. The van der Waals surface area contributed by atoms with E-state index in [1.807, 2.05) is 31.2 Å². The zero-order valence-electron chi connectivity index (χ0n) is 14.9. The van der Waals surface area contributed by atoms with Crippen molar-refractivity contribution in [1.29, 1.82) is 0 Å². The first kappa shape index (κ1) is 18.8. The number of aryl methyl sites for hydroxylation is 2. The molecule has 0 bridgehead atoms. The molecular weight excluding hydrogens is 410 g/mol. The predicted octanol–water partition coefficient (Wildman–Crippen LogP) is 3.48. The first-order valence-corrected chi connectivity index (χ1v) is 9.12. The van der Waals surface area contributed by atoms with Crippen molar-refractivity contribution in [3.8, 4) is 0 Å². The summed E-state index contributed by atoms with van der Waals surface area (Å²) in [5.41, 5.74) is 3.32. The van der Waals surface area contributed by atoms with Gasteiger partial charge in [-0.15, -0.1) is 0 Å². The largest absolute Gasteiger partial charge is 0.358 e. The van der Waals surface area contributed by atoms with Gasteiger partial charge in [-0.2, -0.15) is 0 Å². The van der Waals surface area contributed by atoms with Crippen LogP contribution >= 0.6 is 15.9 Å². The van der Waals surface area contributed by atoms with Crippen molar-refractivity contribution in [3.63, 3.8) is 0 Å². The number of aromatic nitrogens is 1. The molecule has 0 spiro atoms. The molecule has 2 aromatic carbocycles. The summed E-state index contributed by atoms with van der Waals surface area (Å²) >= 11 is 3.39. The molecule has 0 unspecified atom stereocenters. The minimum atomic E-state index is -0.815. The maximum atomic E-state index is 12.5. The number of aromatic amines is 1. The maximum absolute atomic E-state index is 12.5. The number of ketones is 1. The number of hydrogen-bond acceptors (Lipinski definition) is 3. The van der Waals surface area contributed by atoms with Gasteiger partial charge in [-0.3, -0.25) is 14.4 Å². The number of carbonyl (C=O) groups excluding carboxylic acids is 3. The molecule has 0 fully saturated rings. The molecule has 7 heteroatoms. The Morgan fingerprint density at radius 2 is 1.81 bits per heavy atom. The summed E-state index contributed by atoms with van der Waals surface area (Å²) < 4.78 is 0.938. The van der Waals surface area contributed by atoms with Crippen LogP contribution in [0.2, 0.25) is 0 Å². The monoisotopic (exact) mass is 427 g/mol. The average Bonchev–Trinajstić information content (AvgIpc) is 2.97. The highest BCUT2D eigenvalue weighted by Crippen LogP contribution is 2.22. The summed E-state index contributed by atoms with van der Waals surface area (Å²) in [6, 6.07) is 12.7. The molecular formula is C20H18BrN3O3. The van der Waals surface area contributed by atoms with Crippen LogP contribution in [-0.4, -0.2) is 29.1 Å². The normalized spacial score (nSPS) is 10.6. The number of amides is 2. The third kappa shape index (κ3) is 4.09. The molecule has 27 heavy (non-hydrogen) atoms. The molecule has 3 rings (SSSR count). The van der Waals surface area contributed by atoms with E-state index in [-0.39, 0.29) is 6.54 Å². The number of anilines is 1. The number of halogens is 1. The molecule has 6 nitrogen and oxygen atoms in total. The highest BCUT2D eigenvalue weighted by atomic mass is 79.9. The highest BCUT2D eigenvalue weighted by Gasteiger charge is 2.22. The topological polar surface area (TPSA) is 91.1 Å². The lowest BCUT2D eigenvalue weighted by Crippen LogP contribution is -2.37. The zero-order chi connectivity index (χ0) is 19.6. The van der Waals surface area contributed by atoms with E-state index < -0.39 is 17.6 Å². The van der Waals surface area contributed by atoms with Crippen molar-refractivity contribution in [1.82, 2.24) is 10.3 Å². The number of nitrogens with one attached hydrogen (secondary N) is 3. The second kappa shape index (κ2) is 7.75. The number of hydrogen-bond donors (Lipinski definition) is 3. The van der Waals surface area contributed by atoms with Crippen LogP contribution in [0.15, 0.2) is 46.9 Å². The van der Waals surface area contributed by atoms with E-state index in [4.69, 9.17) is 0 Å². The van der Waals surface area contributed by atoms with Gasteiger partial charge in [0.05, 0.1) is 12.1 Å². The van der Waals surface area contributed by atoms with Gasteiger partial charge in [0.25, 0.3) is 11.7 Å². The Kier molecular flexibility index (Phi) is 5.41. The van der Waals surface area contributed by atoms with Gasteiger partial charge in [0.1, 0.15) is 0 Å². The van der Waals surface area contributed by atoms with Crippen molar-refractivity contribution in [2.24, 2.45) is 0 Å². The SMILES string of the molecule is Cc1cc(NC(=O)CNC(=O)C(=O)c2c(C)[nH]c3ccccc23)ccc1Br. The van der Waals surface area contributed by atoms with Crippen molar-refractivity contribution in [3.05, 3.63) is 63.8 Å². The second-order valence-electron chi connectivity index (χ2n) is 6.19. The van der Waals surface area contributed by atoms with E-state index in [0.29, 0.717) is 22.3 Å². The minimum Gasteiger partial charge on any atom is -0.358 e. The lowest BCUT2D eigenvalue weighted by Gasteiger charge is -2.08. The number of carbonyl (C=O) groups is 3. The summed E-state index contributed by atoms with van der Waals surface area (Å²) in [6.45, 7) is 3.36. The highest BCUT2D eigenvalue weighted by molar-refractivity contribution is 9.10. The number of H-pyrrole nitrogens is 1. The molecule has 3 N–H and O–H groups in total. The minimum absolute atomic E-state index is 0.291.